The normalized spacial score (nSPS) is 11.6. The van der Waals surface area contributed by atoms with Crippen LogP contribution in [0.2, 0.25) is 5.02 Å². The van der Waals surface area contributed by atoms with Crippen molar-refractivity contribution in [1.29, 1.82) is 0 Å². The molecule has 0 radical (unpaired) electrons. The number of para-hydroxylation sites is 1. The molecule has 3 rings (SSSR count). The summed E-state index contributed by atoms with van der Waals surface area (Å²) in [6.07, 6.45) is -4.99. The van der Waals surface area contributed by atoms with Gasteiger partial charge in [0.25, 0.3) is 0 Å². The largest absolute Gasteiger partial charge is 0.437 e. The lowest BCUT2D eigenvalue weighted by Gasteiger charge is -2.15. The number of alkyl halides is 3. The van der Waals surface area contributed by atoms with E-state index in [1.807, 2.05) is 26.0 Å². The Hall–Kier alpha value is -3.00. The maximum Gasteiger partial charge on any atom is 0.437 e. The van der Waals surface area contributed by atoms with Gasteiger partial charge >= 0.3 is 12.3 Å². The average molecular weight is 424 g/mol. The summed E-state index contributed by atoms with van der Waals surface area (Å²) in [5, 5.41) is 6.60. The molecule has 1 amide bonds. The Labute approximate surface area is 170 Å². The van der Waals surface area contributed by atoms with Crippen LogP contribution in [-0.2, 0) is 6.18 Å². The second-order valence-electron chi connectivity index (χ2n) is 6.50. The average Bonchev–Trinajstić information content (AvgIpc) is 3.06. The summed E-state index contributed by atoms with van der Waals surface area (Å²) in [4.78, 5) is 12.3. The Kier molecular flexibility index (Phi) is 5.83. The maximum absolute atomic E-state index is 13.7. The molecule has 9 heteroatoms. The Morgan fingerprint density at radius 1 is 1.14 bits per heavy atom. The van der Waals surface area contributed by atoms with Gasteiger partial charge in [-0.1, -0.05) is 43.6 Å². The van der Waals surface area contributed by atoms with Gasteiger partial charge in [0.15, 0.2) is 11.4 Å². The van der Waals surface area contributed by atoms with E-state index in [0.717, 1.165) is 11.8 Å². The Morgan fingerprint density at radius 3 is 2.41 bits per heavy atom. The second-order valence-corrected chi connectivity index (χ2v) is 6.94. The molecule has 0 bridgehead atoms. The van der Waals surface area contributed by atoms with Crippen LogP contribution in [0.3, 0.4) is 0 Å². The molecule has 0 aliphatic rings. The first kappa shape index (κ1) is 20.7. The zero-order valence-corrected chi connectivity index (χ0v) is 16.3. The van der Waals surface area contributed by atoms with E-state index in [0.29, 0.717) is 15.4 Å². The van der Waals surface area contributed by atoms with E-state index in [1.165, 1.54) is 24.3 Å². The van der Waals surface area contributed by atoms with Crippen molar-refractivity contribution in [3.63, 3.8) is 0 Å². The van der Waals surface area contributed by atoms with E-state index in [-0.39, 0.29) is 11.6 Å². The number of halogens is 4. The van der Waals surface area contributed by atoms with Crippen LogP contribution in [0.1, 0.15) is 31.0 Å². The van der Waals surface area contributed by atoms with Gasteiger partial charge in [-0.15, -0.1) is 0 Å². The first-order valence-corrected chi connectivity index (χ1v) is 9.03. The number of rotatable bonds is 4. The quantitative estimate of drug-likeness (QED) is 0.537. The third-order valence-corrected chi connectivity index (χ3v) is 4.35. The van der Waals surface area contributed by atoms with Crippen LogP contribution in [0.25, 0.3) is 5.69 Å². The maximum atomic E-state index is 13.7. The molecule has 29 heavy (non-hydrogen) atoms. The molecule has 1 N–H and O–H groups in total. The highest BCUT2D eigenvalue weighted by molar-refractivity contribution is 6.30. The summed E-state index contributed by atoms with van der Waals surface area (Å²) < 4.78 is 46.6. The van der Waals surface area contributed by atoms with Crippen LogP contribution in [-0.4, -0.2) is 15.9 Å². The van der Waals surface area contributed by atoms with Crippen molar-refractivity contribution >= 4 is 23.4 Å². The summed E-state index contributed by atoms with van der Waals surface area (Å²) in [5.74, 6) is -0.600. The van der Waals surface area contributed by atoms with Crippen molar-refractivity contribution in [2.24, 2.45) is 0 Å². The summed E-state index contributed by atoms with van der Waals surface area (Å²) in [6.45, 7) is 3.87. The van der Waals surface area contributed by atoms with Crippen molar-refractivity contribution in [3.05, 3.63) is 71.0 Å². The Bertz CT molecular complexity index is 1010. The number of aromatic nitrogens is 2. The fraction of sp³-hybridized carbons (Fsp3) is 0.200. The zero-order chi connectivity index (χ0) is 21.2. The van der Waals surface area contributed by atoms with E-state index < -0.39 is 23.7 Å². The number of hydrogen-bond donors (Lipinski definition) is 1. The Balaban J connectivity index is 1.90. The van der Waals surface area contributed by atoms with Crippen molar-refractivity contribution in [3.8, 4) is 11.4 Å². The number of nitrogens with zero attached hydrogens (tertiary/aromatic N) is 2. The van der Waals surface area contributed by atoms with Gasteiger partial charge in [-0.2, -0.15) is 18.3 Å². The van der Waals surface area contributed by atoms with Gasteiger partial charge in [-0.3, -0.25) is 5.32 Å². The van der Waals surface area contributed by atoms with Crippen molar-refractivity contribution in [2.75, 3.05) is 5.32 Å². The van der Waals surface area contributed by atoms with E-state index >= 15 is 0 Å². The minimum absolute atomic E-state index is 0.102. The van der Waals surface area contributed by atoms with Crippen molar-refractivity contribution in [1.82, 2.24) is 9.78 Å². The third kappa shape index (κ3) is 4.71. The third-order valence-electron chi connectivity index (χ3n) is 4.10. The minimum atomic E-state index is -4.80. The molecule has 3 aromatic rings. The SMILES string of the molecule is CC(C)c1ccccc1NC(=O)Oc1cnn(-c2ccc(Cl)cc2)c1C(F)(F)F. The van der Waals surface area contributed by atoms with Gasteiger partial charge in [0.1, 0.15) is 0 Å². The molecular formula is C20H17ClF3N3O2. The Morgan fingerprint density at radius 2 is 1.79 bits per heavy atom. The predicted octanol–water partition coefficient (Wildman–Crippen LogP) is 6.28. The molecule has 0 saturated carbocycles. The van der Waals surface area contributed by atoms with Crippen molar-refractivity contribution < 1.29 is 22.7 Å². The molecule has 0 atom stereocenters. The van der Waals surface area contributed by atoms with E-state index in [9.17, 15) is 18.0 Å². The monoisotopic (exact) mass is 423 g/mol. The minimum Gasteiger partial charge on any atom is -0.406 e. The number of hydrogen-bond acceptors (Lipinski definition) is 3. The van der Waals surface area contributed by atoms with Crippen LogP contribution in [0, 0.1) is 0 Å². The molecule has 0 saturated heterocycles. The highest BCUT2D eigenvalue weighted by atomic mass is 35.5. The van der Waals surface area contributed by atoms with Gasteiger partial charge in [0.05, 0.1) is 11.9 Å². The van der Waals surface area contributed by atoms with Crippen molar-refractivity contribution in [2.45, 2.75) is 25.9 Å². The summed E-state index contributed by atoms with van der Waals surface area (Å²) in [5.41, 5.74) is 0.220. The number of benzene rings is 2. The van der Waals surface area contributed by atoms with E-state index in [4.69, 9.17) is 16.3 Å². The first-order chi connectivity index (χ1) is 13.7. The molecule has 1 aromatic heterocycles. The smallest absolute Gasteiger partial charge is 0.406 e. The van der Waals surface area contributed by atoms with E-state index in [1.54, 1.807) is 12.1 Å². The summed E-state index contributed by atoms with van der Waals surface area (Å²) >= 11 is 5.79. The van der Waals surface area contributed by atoms with Gasteiger partial charge in [-0.25, -0.2) is 9.48 Å². The molecular weight excluding hydrogens is 407 g/mol. The lowest BCUT2D eigenvalue weighted by atomic mass is 10.0. The number of carbonyl (C=O) groups is 1. The summed E-state index contributed by atoms with van der Waals surface area (Å²) in [6, 6.07) is 12.6. The van der Waals surface area contributed by atoms with Crippen LogP contribution in [0.4, 0.5) is 23.7 Å². The highest BCUT2D eigenvalue weighted by Crippen LogP contribution is 2.38. The van der Waals surface area contributed by atoms with Crippen LogP contribution >= 0.6 is 11.6 Å². The number of ether oxygens (including phenoxy) is 1. The van der Waals surface area contributed by atoms with E-state index in [2.05, 4.69) is 10.4 Å². The van der Waals surface area contributed by atoms with Crippen LogP contribution < -0.4 is 10.1 Å². The van der Waals surface area contributed by atoms with Gasteiger partial charge in [0, 0.05) is 10.7 Å². The molecule has 0 aliphatic carbocycles. The number of anilines is 1. The van der Waals surface area contributed by atoms with Gasteiger partial charge in [0.2, 0.25) is 0 Å². The van der Waals surface area contributed by atoms with Gasteiger partial charge < -0.3 is 4.74 Å². The van der Waals surface area contributed by atoms with Crippen LogP contribution in [0.15, 0.2) is 54.7 Å². The fourth-order valence-corrected chi connectivity index (χ4v) is 2.92. The molecule has 0 spiro atoms. The molecule has 0 aliphatic heterocycles. The number of carbonyl (C=O) groups excluding carboxylic acids is 1. The lowest BCUT2D eigenvalue weighted by molar-refractivity contribution is -0.143. The fourth-order valence-electron chi connectivity index (χ4n) is 2.80. The lowest BCUT2D eigenvalue weighted by Crippen LogP contribution is -2.21. The standard InChI is InChI=1S/C20H17ClF3N3O2/c1-12(2)15-5-3-4-6-16(15)26-19(28)29-17-11-25-27(18(17)20(22,23)24)14-9-7-13(21)8-10-14/h3-12H,1-2H3,(H,26,28). The topological polar surface area (TPSA) is 56.1 Å². The van der Waals surface area contributed by atoms with Crippen LogP contribution in [0.5, 0.6) is 5.75 Å². The molecule has 2 aromatic carbocycles. The van der Waals surface area contributed by atoms with Gasteiger partial charge in [-0.05, 0) is 41.8 Å². The predicted molar refractivity (Wildman–Crippen MR) is 104 cm³/mol. The molecule has 152 valence electrons. The first-order valence-electron chi connectivity index (χ1n) is 8.65. The molecule has 5 nitrogen and oxygen atoms in total. The summed E-state index contributed by atoms with van der Waals surface area (Å²) in [7, 11) is 0. The molecule has 1 heterocycles. The second kappa shape index (κ2) is 8.16. The molecule has 0 fully saturated rings. The highest BCUT2D eigenvalue weighted by Gasteiger charge is 2.40. The molecule has 0 unspecified atom stereocenters. The number of nitrogens with one attached hydrogen (secondary N) is 1. The zero-order valence-electron chi connectivity index (χ0n) is 15.5. The number of amides is 1.